The lowest BCUT2D eigenvalue weighted by Gasteiger charge is -2.35. The van der Waals surface area contributed by atoms with E-state index in [-0.39, 0.29) is 4.90 Å². The molecule has 2 aromatic rings. The highest BCUT2D eigenvalue weighted by atomic mass is 32.2. The first kappa shape index (κ1) is 30.1. The highest BCUT2D eigenvalue weighted by Gasteiger charge is 2.50. The number of amides is 1. The van der Waals surface area contributed by atoms with E-state index in [1.54, 1.807) is 58.0 Å². The molecule has 0 radical (unpaired) electrons. The zero-order valence-corrected chi connectivity index (χ0v) is 25.5. The molecule has 2 aliphatic rings. The van der Waals surface area contributed by atoms with Crippen molar-refractivity contribution in [2.24, 2.45) is 5.92 Å². The van der Waals surface area contributed by atoms with Crippen molar-refractivity contribution < 1.29 is 21.6 Å². The van der Waals surface area contributed by atoms with Crippen molar-refractivity contribution >= 4 is 43.0 Å². The summed E-state index contributed by atoms with van der Waals surface area (Å²) in [5, 5.41) is 2.83. The molecule has 1 heterocycles. The van der Waals surface area contributed by atoms with Crippen LogP contribution in [0.4, 0.5) is 17.1 Å². The fourth-order valence-electron chi connectivity index (χ4n) is 4.79. The molecule has 1 amide bonds. The number of nitrogens with zero attached hydrogens (tertiary/aromatic N) is 1. The fourth-order valence-corrected chi connectivity index (χ4v) is 7.57. The number of piperidine rings is 1. The first-order chi connectivity index (χ1) is 18.5. The zero-order valence-electron chi connectivity index (χ0n) is 23.9. The van der Waals surface area contributed by atoms with Crippen LogP contribution in [0.1, 0.15) is 70.7 Å². The van der Waals surface area contributed by atoms with Crippen molar-refractivity contribution in [1.29, 1.82) is 0 Å². The molecule has 0 aromatic heterocycles. The van der Waals surface area contributed by atoms with Crippen LogP contribution in [0.3, 0.4) is 0 Å². The number of rotatable bonds is 9. The summed E-state index contributed by atoms with van der Waals surface area (Å²) in [7, 11) is -7.35. The number of anilines is 3. The highest BCUT2D eigenvalue weighted by molar-refractivity contribution is 7.94. The Balaban J connectivity index is 1.63. The lowest BCUT2D eigenvalue weighted by atomic mass is 9.90. The molecule has 4 rings (SSSR count). The van der Waals surface area contributed by atoms with Gasteiger partial charge in [-0.15, -0.1) is 0 Å². The number of hydrogen-bond donors (Lipinski definition) is 3. The number of carbonyl (C=O) groups excluding carboxylic acids is 1. The van der Waals surface area contributed by atoms with Crippen LogP contribution < -0.4 is 19.7 Å². The molecule has 9 nitrogen and oxygen atoms in total. The molecule has 1 aliphatic heterocycles. The van der Waals surface area contributed by atoms with E-state index >= 15 is 0 Å². The largest absolute Gasteiger partial charge is 0.371 e. The monoisotopic (exact) mass is 588 g/mol. The van der Waals surface area contributed by atoms with E-state index < -0.39 is 36.2 Å². The van der Waals surface area contributed by atoms with Gasteiger partial charge in [-0.3, -0.25) is 9.52 Å². The van der Waals surface area contributed by atoms with Gasteiger partial charge >= 0.3 is 0 Å². The molecule has 0 spiro atoms. The summed E-state index contributed by atoms with van der Waals surface area (Å²) < 4.78 is 56.0. The molecule has 1 saturated carbocycles. The first-order valence-corrected chi connectivity index (χ1v) is 16.5. The highest BCUT2D eigenvalue weighted by Crippen LogP contribution is 2.43. The second kappa shape index (κ2) is 10.8. The molecule has 40 heavy (non-hydrogen) atoms. The van der Waals surface area contributed by atoms with Crippen LogP contribution >= 0.6 is 0 Å². The van der Waals surface area contributed by atoms with Crippen molar-refractivity contribution in [2.75, 3.05) is 28.0 Å². The standard InChI is InChI=1S/C29H40N4O5S2/c1-20(2)21-12-16-33(17-13-21)26-19-23(31-40(37,38)29(6)14-15-29)10-11-25(26)27(34)30-22-8-7-9-24(18-22)39(35,36)32-28(3,4)5/h7-11,18-19,21,31-32H,1,12-17H2,2-6H3,(H,30,34). The van der Waals surface area contributed by atoms with Gasteiger partial charge < -0.3 is 10.2 Å². The average molecular weight is 589 g/mol. The van der Waals surface area contributed by atoms with Crippen LogP contribution in [0.15, 0.2) is 59.5 Å². The van der Waals surface area contributed by atoms with Gasteiger partial charge in [0.1, 0.15) is 0 Å². The third kappa shape index (κ3) is 6.87. The molecule has 0 bridgehead atoms. The molecule has 1 aliphatic carbocycles. The Kier molecular flexibility index (Phi) is 8.14. The predicted octanol–water partition coefficient (Wildman–Crippen LogP) is 5.10. The molecule has 2 aromatic carbocycles. The van der Waals surface area contributed by atoms with Crippen molar-refractivity contribution in [3.8, 4) is 0 Å². The number of allylic oxidation sites excluding steroid dienone is 1. The van der Waals surface area contributed by atoms with E-state index in [0.29, 0.717) is 54.5 Å². The van der Waals surface area contributed by atoms with Crippen molar-refractivity contribution in [3.05, 3.63) is 60.2 Å². The maximum absolute atomic E-state index is 13.6. The van der Waals surface area contributed by atoms with Crippen LogP contribution in [-0.2, 0) is 20.0 Å². The molecule has 3 N–H and O–H groups in total. The van der Waals surface area contributed by atoms with Gasteiger partial charge in [0, 0.05) is 24.3 Å². The lowest BCUT2D eigenvalue weighted by Crippen LogP contribution is -2.40. The third-order valence-corrected chi connectivity index (χ3v) is 11.4. The maximum atomic E-state index is 13.6. The molecular weight excluding hydrogens is 548 g/mol. The summed E-state index contributed by atoms with van der Waals surface area (Å²) in [4.78, 5) is 15.7. The van der Waals surface area contributed by atoms with E-state index in [2.05, 4.69) is 26.2 Å². The summed E-state index contributed by atoms with van der Waals surface area (Å²) in [5.41, 5.74) is 2.20. The van der Waals surface area contributed by atoms with Gasteiger partial charge in [0.05, 0.1) is 26.6 Å². The van der Waals surface area contributed by atoms with Gasteiger partial charge in [0.25, 0.3) is 5.91 Å². The van der Waals surface area contributed by atoms with Gasteiger partial charge in [-0.1, -0.05) is 18.2 Å². The number of nitrogens with one attached hydrogen (secondary N) is 3. The normalized spacial score (nSPS) is 17.8. The van der Waals surface area contributed by atoms with Gasteiger partial charge in [-0.05, 0) is 103 Å². The summed E-state index contributed by atoms with van der Waals surface area (Å²) in [6, 6.07) is 11.0. The molecule has 0 atom stereocenters. The minimum atomic E-state index is -3.79. The number of sulfonamides is 2. The first-order valence-electron chi connectivity index (χ1n) is 13.5. The van der Waals surface area contributed by atoms with E-state index in [4.69, 9.17) is 0 Å². The van der Waals surface area contributed by atoms with Crippen LogP contribution in [0, 0.1) is 5.92 Å². The molecule has 218 valence electrons. The summed E-state index contributed by atoms with van der Waals surface area (Å²) in [6.45, 7) is 14.5. The quantitative estimate of drug-likeness (QED) is 0.350. The Morgan fingerprint density at radius 2 is 1.65 bits per heavy atom. The lowest BCUT2D eigenvalue weighted by molar-refractivity contribution is 0.102. The van der Waals surface area contributed by atoms with Gasteiger partial charge in [0.15, 0.2) is 0 Å². The molecule has 2 fully saturated rings. The topological polar surface area (TPSA) is 125 Å². The van der Waals surface area contributed by atoms with E-state index in [1.165, 1.54) is 12.1 Å². The van der Waals surface area contributed by atoms with Crippen molar-refractivity contribution in [1.82, 2.24) is 4.72 Å². The SMILES string of the molecule is C=C(C)C1CCN(c2cc(NS(=O)(=O)C3(C)CC3)ccc2C(=O)Nc2cccc(S(=O)(=O)NC(C)(C)C)c2)CC1. The fraction of sp³-hybridized carbons (Fsp3) is 0.483. The van der Waals surface area contributed by atoms with Gasteiger partial charge in [0.2, 0.25) is 20.0 Å². The molecule has 11 heteroatoms. The molecular formula is C29H40N4O5S2. The minimum Gasteiger partial charge on any atom is -0.371 e. The second-order valence-corrected chi connectivity index (χ2v) is 16.1. The van der Waals surface area contributed by atoms with E-state index in [9.17, 15) is 21.6 Å². The van der Waals surface area contributed by atoms with Crippen LogP contribution in [-0.4, -0.2) is 46.1 Å². The average Bonchev–Trinajstić information content (AvgIpc) is 3.62. The maximum Gasteiger partial charge on any atom is 0.257 e. The Hall–Kier alpha value is -2.89. The Morgan fingerprint density at radius 1 is 1.00 bits per heavy atom. The Morgan fingerprint density at radius 3 is 2.23 bits per heavy atom. The minimum absolute atomic E-state index is 0.0423. The Labute approximate surface area is 238 Å². The summed E-state index contributed by atoms with van der Waals surface area (Å²) >= 11 is 0. The van der Waals surface area contributed by atoms with Crippen molar-refractivity contribution in [2.45, 2.75) is 75.5 Å². The number of hydrogen-bond acceptors (Lipinski definition) is 6. The smallest absolute Gasteiger partial charge is 0.257 e. The third-order valence-electron chi connectivity index (χ3n) is 7.47. The number of benzene rings is 2. The zero-order chi connectivity index (χ0) is 29.5. The van der Waals surface area contributed by atoms with E-state index in [1.807, 2.05) is 6.92 Å². The van der Waals surface area contributed by atoms with Crippen LogP contribution in [0.25, 0.3) is 0 Å². The van der Waals surface area contributed by atoms with Crippen molar-refractivity contribution in [3.63, 3.8) is 0 Å². The number of carbonyl (C=O) groups is 1. The van der Waals surface area contributed by atoms with Gasteiger partial charge in [-0.25, -0.2) is 21.6 Å². The summed E-state index contributed by atoms with van der Waals surface area (Å²) in [6.07, 6.45) is 2.99. The van der Waals surface area contributed by atoms with E-state index in [0.717, 1.165) is 18.4 Å². The van der Waals surface area contributed by atoms with Gasteiger partial charge in [-0.2, -0.15) is 0 Å². The summed E-state index contributed by atoms with van der Waals surface area (Å²) in [5.74, 6) is -0.0182. The second-order valence-electron chi connectivity index (χ2n) is 12.2. The van der Waals surface area contributed by atoms with Crippen LogP contribution in [0.2, 0.25) is 0 Å². The predicted molar refractivity (Wildman–Crippen MR) is 161 cm³/mol. The van der Waals surface area contributed by atoms with Crippen LogP contribution in [0.5, 0.6) is 0 Å². The molecule has 0 unspecified atom stereocenters. The Bertz CT molecular complexity index is 1520. The molecule has 1 saturated heterocycles.